The maximum atomic E-state index is 11.6. The largest absolute Gasteiger partial charge is 0.501 e. The zero-order chi connectivity index (χ0) is 10.3. The Bertz CT molecular complexity index is 184. The van der Waals surface area contributed by atoms with Gasteiger partial charge in [0, 0.05) is 6.08 Å². The number of allylic oxidation sites excluding steroid dienone is 1. The van der Waals surface area contributed by atoms with Crippen molar-refractivity contribution in [2.24, 2.45) is 0 Å². The van der Waals surface area contributed by atoms with E-state index in [1.165, 1.54) is 0 Å². The first-order valence-electron chi connectivity index (χ1n) is 3.87. The fraction of sp³-hybridized carbons (Fsp3) is 0.625. The average molecular weight is 196 g/mol. The first-order valence-corrected chi connectivity index (χ1v) is 3.87. The lowest BCUT2D eigenvalue weighted by Gasteiger charge is -2.00. The van der Waals surface area contributed by atoms with Gasteiger partial charge in [-0.2, -0.15) is 13.2 Å². The Morgan fingerprint density at radius 2 is 2.08 bits per heavy atom. The van der Waals surface area contributed by atoms with Crippen LogP contribution in [0.15, 0.2) is 12.3 Å². The first kappa shape index (κ1) is 12.0. The molecule has 0 unspecified atom stereocenters. The zero-order valence-electron chi connectivity index (χ0n) is 7.23. The maximum absolute atomic E-state index is 11.6. The SMILES string of the molecule is CCCCOC=CC(=O)C(F)(F)F. The minimum absolute atomic E-state index is 0.331. The van der Waals surface area contributed by atoms with E-state index in [-0.39, 0.29) is 0 Å². The third-order valence-electron chi connectivity index (χ3n) is 1.21. The quantitative estimate of drug-likeness (QED) is 0.383. The molecule has 0 bridgehead atoms. The molecule has 0 amide bonds. The highest BCUT2D eigenvalue weighted by Crippen LogP contribution is 2.16. The summed E-state index contributed by atoms with van der Waals surface area (Å²) in [5, 5.41) is 0. The standard InChI is InChI=1S/C8H11F3O2/c1-2-3-5-13-6-4-7(12)8(9,10)11/h4,6H,2-3,5H2,1H3. The van der Waals surface area contributed by atoms with Gasteiger partial charge < -0.3 is 4.74 Å². The van der Waals surface area contributed by atoms with Crippen LogP contribution in [-0.2, 0) is 9.53 Å². The normalized spacial score (nSPS) is 12.0. The van der Waals surface area contributed by atoms with Crippen LogP contribution < -0.4 is 0 Å². The fourth-order valence-electron chi connectivity index (χ4n) is 0.500. The van der Waals surface area contributed by atoms with Crippen LogP contribution in [0.5, 0.6) is 0 Å². The molecule has 0 spiro atoms. The summed E-state index contributed by atoms with van der Waals surface area (Å²) in [6.45, 7) is 2.26. The molecule has 0 saturated heterocycles. The molecule has 0 aliphatic rings. The van der Waals surface area contributed by atoms with Gasteiger partial charge in [0.2, 0.25) is 0 Å². The Morgan fingerprint density at radius 1 is 1.46 bits per heavy atom. The highest BCUT2D eigenvalue weighted by molar-refractivity contribution is 5.94. The average Bonchev–Trinajstić information content (AvgIpc) is 2.02. The zero-order valence-corrected chi connectivity index (χ0v) is 7.23. The highest BCUT2D eigenvalue weighted by atomic mass is 19.4. The van der Waals surface area contributed by atoms with E-state index in [2.05, 4.69) is 4.74 Å². The van der Waals surface area contributed by atoms with Gasteiger partial charge in [-0.3, -0.25) is 4.79 Å². The molecule has 0 aromatic carbocycles. The Labute approximate surface area is 74.4 Å². The molecule has 76 valence electrons. The number of carbonyl (C=O) groups is 1. The Kier molecular flexibility index (Phi) is 5.18. The summed E-state index contributed by atoms with van der Waals surface area (Å²) in [5.74, 6) is -1.90. The molecule has 2 nitrogen and oxygen atoms in total. The van der Waals surface area contributed by atoms with E-state index in [9.17, 15) is 18.0 Å². The van der Waals surface area contributed by atoms with E-state index in [1.54, 1.807) is 0 Å². The topological polar surface area (TPSA) is 26.3 Å². The van der Waals surface area contributed by atoms with Crippen LogP contribution in [0.4, 0.5) is 13.2 Å². The van der Waals surface area contributed by atoms with Crippen LogP contribution in [0, 0.1) is 0 Å². The van der Waals surface area contributed by atoms with Crippen molar-refractivity contribution in [3.05, 3.63) is 12.3 Å². The molecule has 0 atom stereocenters. The minimum Gasteiger partial charge on any atom is -0.501 e. The molecular weight excluding hydrogens is 185 g/mol. The molecule has 0 radical (unpaired) electrons. The molecule has 0 aliphatic heterocycles. The van der Waals surface area contributed by atoms with Gasteiger partial charge in [0.15, 0.2) is 0 Å². The lowest BCUT2D eigenvalue weighted by atomic mass is 10.3. The number of hydrogen-bond donors (Lipinski definition) is 0. The number of alkyl halides is 3. The molecule has 5 heteroatoms. The third kappa shape index (κ3) is 6.19. The number of hydrogen-bond acceptors (Lipinski definition) is 2. The molecule has 0 fully saturated rings. The van der Waals surface area contributed by atoms with E-state index >= 15 is 0 Å². The molecule has 0 N–H and O–H groups in total. The smallest absolute Gasteiger partial charge is 0.454 e. The third-order valence-corrected chi connectivity index (χ3v) is 1.21. The Balaban J connectivity index is 3.67. The van der Waals surface area contributed by atoms with Gasteiger partial charge in [0.1, 0.15) is 0 Å². The fourth-order valence-corrected chi connectivity index (χ4v) is 0.500. The number of halogens is 3. The lowest BCUT2D eigenvalue weighted by molar-refractivity contribution is -0.165. The summed E-state index contributed by atoms with van der Waals surface area (Å²) in [7, 11) is 0. The van der Waals surface area contributed by atoms with Gasteiger partial charge in [-0.25, -0.2) is 0 Å². The minimum atomic E-state index is -4.80. The van der Waals surface area contributed by atoms with E-state index < -0.39 is 12.0 Å². The van der Waals surface area contributed by atoms with Crippen molar-refractivity contribution in [3.63, 3.8) is 0 Å². The van der Waals surface area contributed by atoms with Gasteiger partial charge in [-0.05, 0) is 6.42 Å². The van der Waals surface area contributed by atoms with Gasteiger partial charge in [0.05, 0.1) is 12.9 Å². The lowest BCUT2D eigenvalue weighted by Crippen LogP contribution is -2.19. The van der Waals surface area contributed by atoms with Gasteiger partial charge >= 0.3 is 6.18 Å². The van der Waals surface area contributed by atoms with Crippen molar-refractivity contribution in [1.82, 2.24) is 0 Å². The molecular formula is C8H11F3O2. The van der Waals surface area contributed by atoms with Crippen molar-refractivity contribution >= 4 is 5.78 Å². The molecule has 0 aliphatic carbocycles. The van der Waals surface area contributed by atoms with E-state index in [1.807, 2.05) is 6.92 Å². The summed E-state index contributed by atoms with van der Waals surface area (Å²) < 4.78 is 39.3. The number of ether oxygens (including phenoxy) is 1. The van der Waals surface area contributed by atoms with Crippen molar-refractivity contribution in [3.8, 4) is 0 Å². The van der Waals surface area contributed by atoms with Crippen LogP contribution >= 0.6 is 0 Å². The van der Waals surface area contributed by atoms with Gasteiger partial charge in [-0.1, -0.05) is 13.3 Å². The molecule has 0 aromatic heterocycles. The molecule has 0 aromatic rings. The first-order chi connectivity index (χ1) is 5.98. The van der Waals surface area contributed by atoms with Crippen LogP contribution in [-0.4, -0.2) is 18.6 Å². The summed E-state index contributed by atoms with van der Waals surface area (Å²) in [6, 6.07) is 0. The summed E-state index contributed by atoms with van der Waals surface area (Å²) >= 11 is 0. The summed E-state index contributed by atoms with van der Waals surface area (Å²) in [6.07, 6.45) is -1.99. The maximum Gasteiger partial charge on any atom is 0.454 e. The summed E-state index contributed by atoms with van der Waals surface area (Å²) in [4.78, 5) is 10.2. The number of rotatable bonds is 5. The van der Waals surface area contributed by atoms with Crippen LogP contribution in [0.25, 0.3) is 0 Å². The van der Waals surface area contributed by atoms with Crippen LogP contribution in [0.3, 0.4) is 0 Å². The van der Waals surface area contributed by atoms with Gasteiger partial charge in [0.25, 0.3) is 5.78 Å². The monoisotopic (exact) mass is 196 g/mol. The van der Waals surface area contributed by atoms with Crippen LogP contribution in [0.2, 0.25) is 0 Å². The predicted octanol–water partition coefficient (Wildman–Crippen LogP) is 2.45. The highest BCUT2D eigenvalue weighted by Gasteiger charge is 2.36. The molecule has 13 heavy (non-hydrogen) atoms. The van der Waals surface area contributed by atoms with Crippen molar-refractivity contribution in [2.75, 3.05) is 6.61 Å². The van der Waals surface area contributed by atoms with E-state index in [0.29, 0.717) is 12.7 Å². The van der Waals surface area contributed by atoms with Crippen molar-refractivity contribution in [2.45, 2.75) is 25.9 Å². The summed E-state index contributed by atoms with van der Waals surface area (Å²) in [5.41, 5.74) is 0. The second-order valence-corrected chi connectivity index (χ2v) is 2.39. The molecule has 0 heterocycles. The van der Waals surface area contributed by atoms with Crippen molar-refractivity contribution in [1.29, 1.82) is 0 Å². The Morgan fingerprint density at radius 3 is 2.54 bits per heavy atom. The second-order valence-electron chi connectivity index (χ2n) is 2.39. The van der Waals surface area contributed by atoms with E-state index in [0.717, 1.165) is 19.1 Å². The number of unbranched alkanes of at least 4 members (excludes halogenated alkanes) is 1. The second kappa shape index (κ2) is 5.61. The van der Waals surface area contributed by atoms with Crippen molar-refractivity contribution < 1.29 is 22.7 Å². The van der Waals surface area contributed by atoms with E-state index in [4.69, 9.17) is 0 Å². The molecule has 0 saturated carbocycles. The van der Waals surface area contributed by atoms with Crippen LogP contribution in [0.1, 0.15) is 19.8 Å². The molecule has 0 rings (SSSR count). The predicted molar refractivity (Wildman–Crippen MR) is 41.1 cm³/mol. The van der Waals surface area contributed by atoms with Gasteiger partial charge in [-0.15, -0.1) is 0 Å². The Hall–Kier alpha value is -1.00. The number of carbonyl (C=O) groups excluding carboxylic acids is 1. The number of ketones is 1.